The van der Waals surface area contributed by atoms with Gasteiger partial charge in [0.1, 0.15) is 0 Å². The van der Waals surface area contributed by atoms with Crippen molar-refractivity contribution in [3.8, 4) is 0 Å². The highest BCUT2D eigenvalue weighted by molar-refractivity contribution is 5.84. The molecule has 1 atom stereocenters. The van der Waals surface area contributed by atoms with Crippen molar-refractivity contribution in [2.75, 3.05) is 26.2 Å². The van der Waals surface area contributed by atoms with E-state index in [1.54, 1.807) is 0 Å². The Morgan fingerprint density at radius 2 is 1.89 bits per heavy atom. The van der Waals surface area contributed by atoms with Crippen molar-refractivity contribution >= 4 is 5.91 Å². The fraction of sp³-hybridized carbons (Fsp3) is 0.565. The third-order valence-corrected chi connectivity index (χ3v) is 6.78. The lowest BCUT2D eigenvalue weighted by Gasteiger charge is -2.49. The van der Waals surface area contributed by atoms with E-state index in [1.165, 1.54) is 24.0 Å². The molecular weight excluding hydrogens is 348 g/mol. The van der Waals surface area contributed by atoms with Crippen LogP contribution in [0.3, 0.4) is 0 Å². The molecule has 2 aromatic rings. The van der Waals surface area contributed by atoms with Gasteiger partial charge in [-0.05, 0) is 57.2 Å². The smallest absolute Gasteiger partial charge is 0.230 e. The second kappa shape index (κ2) is 7.70. The summed E-state index contributed by atoms with van der Waals surface area (Å²) in [4.78, 5) is 17.7. The average molecular weight is 381 g/mol. The number of rotatable bonds is 4. The molecule has 2 fully saturated rings. The number of hydrogen-bond donors (Lipinski definition) is 0. The van der Waals surface area contributed by atoms with Crippen molar-refractivity contribution in [2.24, 2.45) is 12.5 Å². The molecule has 0 saturated carbocycles. The summed E-state index contributed by atoms with van der Waals surface area (Å²) in [7, 11) is 1.99. The number of carbonyl (C=O) groups excluding carboxylic acids is 1. The van der Waals surface area contributed by atoms with E-state index in [9.17, 15) is 4.79 Å². The Balaban J connectivity index is 1.47. The van der Waals surface area contributed by atoms with Crippen molar-refractivity contribution in [1.82, 2.24) is 19.6 Å². The van der Waals surface area contributed by atoms with Crippen molar-refractivity contribution in [2.45, 2.75) is 45.6 Å². The molecule has 2 aliphatic heterocycles. The van der Waals surface area contributed by atoms with Crippen LogP contribution in [0.5, 0.6) is 0 Å². The third-order valence-electron chi connectivity index (χ3n) is 6.78. The number of aromatic nitrogens is 2. The number of nitrogens with zero attached hydrogens (tertiary/aromatic N) is 4. The Morgan fingerprint density at radius 1 is 1.18 bits per heavy atom. The molecule has 0 bridgehead atoms. The summed E-state index contributed by atoms with van der Waals surface area (Å²) >= 11 is 0. The van der Waals surface area contributed by atoms with E-state index in [1.807, 2.05) is 17.8 Å². The molecule has 28 heavy (non-hydrogen) atoms. The van der Waals surface area contributed by atoms with Gasteiger partial charge in [0, 0.05) is 38.4 Å². The maximum Gasteiger partial charge on any atom is 0.230 e. The molecule has 2 saturated heterocycles. The minimum absolute atomic E-state index is 0.0158. The number of piperidine rings is 2. The van der Waals surface area contributed by atoms with Crippen LogP contribution in [0.4, 0.5) is 0 Å². The Hall–Kier alpha value is -2.14. The molecule has 3 heterocycles. The third kappa shape index (κ3) is 3.72. The van der Waals surface area contributed by atoms with Crippen LogP contribution >= 0.6 is 0 Å². The number of amides is 1. The normalized spacial score (nSPS) is 22.8. The zero-order valence-electron chi connectivity index (χ0n) is 17.4. The highest BCUT2D eigenvalue weighted by Crippen LogP contribution is 2.45. The average Bonchev–Trinajstić information content (AvgIpc) is 3.03. The van der Waals surface area contributed by atoms with Crippen molar-refractivity contribution in [3.63, 3.8) is 0 Å². The zero-order valence-corrected chi connectivity index (χ0v) is 17.4. The number of aryl methyl sites for hydroxylation is 2. The van der Waals surface area contributed by atoms with Crippen LogP contribution in [0, 0.1) is 12.3 Å². The Kier molecular flexibility index (Phi) is 5.28. The van der Waals surface area contributed by atoms with E-state index in [0.717, 1.165) is 44.8 Å². The van der Waals surface area contributed by atoms with E-state index in [0.29, 0.717) is 5.91 Å². The first kappa shape index (κ1) is 19.2. The second-order valence-electron chi connectivity index (χ2n) is 8.71. The standard InChI is InChI=1S/C23H32N4O/c1-4-27-17-23(14-21(22(27)28)19-8-6-5-7-9-19)10-12-26(13-11-23)16-20-15-25(3)24-18(20)2/h5-9,15,21H,4,10-14,16-17H2,1-3H3/t21-/m0/s1. The predicted octanol–water partition coefficient (Wildman–Crippen LogP) is 3.35. The highest BCUT2D eigenvalue weighted by Gasteiger charge is 2.45. The molecule has 0 aliphatic carbocycles. The summed E-state index contributed by atoms with van der Waals surface area (Å²) in [5.41, 5.74) is 3.89. The minimum atomic E-state index is 0.0158. The van der Waals surface area contributed by atoms with Gasteiger partial charge < -0.3 is 4.90 Å². The van der Waals surface area contributed by atoms with Crippen LogP contribution in [0.25, 0.3) is 0 Å². The number of hydrogen-bond acceptors (Lipinski definition) is 3. The summed E-state index contributed by atoms with van der Waals surface area (Å²) in [6.45, 7) is 9.11. The summed E-state index contributed by atoms with van der Waals surface area (Å²) in [5.74, 6) is 0.328. The molecule has 4 rings (SSSR count). The molecule has 0 N–H and O–H groups in total. The SMILES string of the molecule is CCN1CC2(CCN(Cc3cn(C)nc3C)CC2)C[C@@H](c2ccccc2)C1=O. The van der Waals surface area contributed by atoms with E-state index >= 15 is 0 Å². The first-order valence-electron chi connectivity index (χ1n) is 10.5. The van der Waals surface area contributed by atoms with Crippen molar-refractivity contribution in [1.29, 1.82) is 0 Å². The van der Waals surface area contributed by atoms with Crippen LogP contribution in [0.2, 0.25) is 0 Å². The number of likely N-dealkylation sites (N-methyl/N-ethyl adjacent to an activating group) is 1. The molecule has 1 amide bonds. The highest BCUT2D eigenvalue weighted by atomic mass is 16.2. The number of carbonyl (C=O) groups is 1. The minimum Gasteiger partial charge on any atom is -0.342 e. The molecule has 1 spiro atoms. The van der Waals surface area contributed by atoms with E-state index in [4.69, 9.17) is 0 Å². The van der Waals surface area contributed by atoms with Gasteiger partial charge in [-0.3, -0.25) is 14.4 Å². The fourth-order valence-corrected chi connectivity index (χ4v) is 5.09. The molecule has 2 aliphatic rings. The summed E-state index contributed by atoms with van der Waals surface area (Å²) in [6, 6.07) is 10.4. The maximum absolute atomic E-state index is 13.0. The molecule has 1 aromatic heterocycles. The van der Waals surface area contributed by atoms with Gasteiger partial charge in [0.15, 0.2) is 0 Å². The summed E-state index contributed by atoms with van der Waals surface area (Å²) in [6.07, 6.45) is 5.47. The van der Waals surface area contributed by atoms with Crippen LogP contribution in [-0.4, -0.2) is 51.7 Å². The molecule has 5 heteroatoms. The predicted molar refractivity (Wildman–Crippen MR) is 111 cm³/mol. The van der Waals surface area contributed by atoms with E-state index in [-0.39, 0.29) is 11.3 Å². The van der Waals surface area contributed by atoms with Crippen molar-refractivity contribution < 1.29 is 4.79 Å². The lowest BCUT2D eigenvalue weighted by atomic mass is 9.67. The first-order chi connectivity index (χ1) is 13.5. The van der Waals surface area contributed by atoms with E-state index < -0.39 is 0 Å². The maximum atomic E-state index is 13.0. The van der Waals surface area contributed by atoms with Crippen LogP contribution < -0.4 is 0 Å². The monoisotopic (exact) mass is 380 g/mol. The number of likely N-dealkylation sites (tertiary alicyclic amines) is 2. The van der Waals surface area contributed by atoms with Gasteiger partial charge in [0.25, 0.3) is 0 Å². The molecule has 5 nitrogen and oxygen atoms in total. The number of benzene rings is 1. The first-order valence-corrected chi connectivity index (χ1v) is 10.5. The van der Waals surface area contributed by atoms with E-state index in [2.05, 4.69) is 59.2 Å². The van der Waals surface area contributed by atoms with Gasteiger partial charge >= 0.3 is 0 Å². The molecule has 0 unspecified atom stereocenters. The molecular formula is C23H32N4O. The Morgan fingerprint density at radius 3 is 2.50 bits per heavy atom. The molecule has 0 radical (unpaired) electrons. The van der Waals surface area contributed by atoms with Gasteiger partial charge in [-0.1, -0.05) is 30.3 Å². The zero-order chi connectivity index (χ0) is 19.7. The van der Waals surface area contributed by atoms with Crippen molar-refractivity contribution in [3.05, 3.63) is 53.3 Å². The fourth-order valence-electron chi connectivity index (χ4n) is 5.09. The Bertz CT molecular complexity index is 820. The Labute approximate surface area is 168 Å². The van der Waals surface area contributed by atoms with Gasteiger partial charge in [0.2, 0.25) is 5.91 Å². The van der Waals surface area contributed by atoms with Gasteiger partial charge in [-0.2, -0.15) is 5.10 Å². The quantitative estimate of drug-likeness (QED) is 0.817. The van der Waals surface area contributed by atoms with Crippen LogP contribution in [-0.2, 0) is 18.4 Å². The van der Waals surface area contributed by atoms with Crippen LogP contribution in [0.1, 0.15) is 48.9 Å². The second-order valence-corrected chi connectivity index (χ2v) is 8.71. The summed E-state index contributed by atoms with van der Waals surface area (Å²) < 4.78 is 1.91. The van der Waals surface area contributed by atoms with Crippen LogP contribution in [0.15, 0.2) is 36.5 Å². The van der Waals surface area contributed by atoms with Gasteiger partial charge in [-0.15, -0.1) is 0 Å². The van der Waals surface area contributed by atoms with Gasteiger partial charge in [-0.25, -0.2) is 0 Å². The molecule has 1 aromatic carbocycles. The van der Waals surface area contributed by atoms with Gasteiger partial charge in [0.05, 0.1) is 11.6 Å². The largest absolute Gasteiger partial charge is 0.342 e. The lowest BCUT2D eigenvalue weighted by Crippen LogP contribution is -2.53. The lowest BCUT2D eigenvalue weighted by molar-refractivity contribution is -0.141. The topological polar surface area (TPSA) is 41.4 Å². The summed E-state index contributed by atoms with van der Waals surface area (Å²) in [5, 5.41) is 4.48. The molecule has 150 valence electrons.